The highest BCUT2D eigenvalue weighted by molar-refractivity contribution is 9.08. The van der Waals surface area contributed by atoms with Crippen molar-refractivity contribution < 1.29 is 35.1 Å². The molecule has 0 bridgehead atoms. The molecule has 1 heterocycles. The minimum atomic E-state index is -5.31. The van der Waals surface area contributed by atoms with Gasteiger partial charge in [0.15, 0.2) is 5.03 Å². The van der Waals surface area contributed by atoms with Crippen LogP contribution in [-0.2, 0) is 14.4 Å². The highest BCUT2D eigenvalue weighted by atomic mass is 79.9. The van der Waals surface area contributed by atoms with E-state index in [1.165, 1.54) is 0 Å². The van der Waals surface area contributed by atoms with Crippen LogP contribution in [-0.4, -0.2) is 19.8 Å². The molecular formula is C8H4BrClF5NO3S. The maximum Gasteiger partial charge on any atom is 0.574 e. The van der Waals surface area contributed by atoms with E-state index in [-0.39, 0.29) is 10.9 Å². The summed E-state index contributed by atoms with van der Waals surface area (Å²) in [6.07, 6.45) is -8.65. The zero-order valence-corrected chi connectivity index (χ0v) is 12.2. The molecule has 0 aliphatic heterocycles. The Hall–Kier alpha value is -0.680. The number of nitrogens with zero attached hydrogens (tertiary/aromatic N) is 1. The molecular weight excluding hydrogens is 401 g/mol. The summed E-state index contributed by atoms with van der Waals surface area (Å²) in [5.74, 6) is -1.56. The molecule has 0 aromatic carbocycles. The zero-order valence-electron chi connectivity index (χ0n) is 9.09. The molecule has 0 saturated heterocycles. The first-order valence-corrected chi connectivity index (χ1v) is 7.97. The molecule has 1 aromatic rings. The van der Waals surface area contributed by atoms with Crippen molar-refractivity contribution in [3.63, 3.8) is 0 Å². The molecule has 12 heteroatoms. The van der Waals surface area contributed by atoms with Crippen molar-refractivity contribution in [3.05, 3.63) is 17.2 Å². The van der Waals surface area contributed by atoms with E-state index < -0.39 is 38.3 Å². The van der Waals surface area contributed by atoms with Gasteiger partial charge < -0.3 is 4.74 Å². The highest BCUT2D eigenvalue weighted by Gasteiger charge is 2.35. The Balaban J connectivity index is 3.55. The van der Waals surface area contributed by atoms with Crippen LogP contribution in [0.25, 0.3) is 0 Å². The van der Waals surface area contributed by atoms with E-state index in [1.807, 2.05) is 0 Å². The maximum absolute atomic E-state index is 12.7. The van der Waals surface area contributed by atoms with Gasteiger partial charge in [-0.25, -0.2) is 17.2 Å². The van der Waals surface area contributed by atoms with Gasteiger partial charge in [0.2, 0.25) is 5.88 Å². The first-order chi connectivity index (χ1) is 8.95. The SMILES string of the molecule is O=S(=O)(Cl)c1nc(OC(F)(F)F)c(C(F)F)cc1CBr. The second kappa shape index (κ2) is 5.98. The van der Waals surface area contributed by atoms with Crippen LogP contribution in [0.5, 0.6) is 5.88 Å². The quantitative estimate of drug-likeness (QED) is 0.436. The Labute approximate surface area is 122 Å². The van der Waals surface area contributed by atoms with Crippen LogP contribution >= 0.6 is 26.6 Å². The number of hydrogen-bond donors (Lipinski definition) is 0. The Morgan fingerprint density at radius 3 is 2.30 bits per heavy atom. The molecule has 0 aliphatic carbocycles. The fourth-order valence-electron chi connectivity index (χ4n) is 1.19. The van der Waals surface area contributed by atoms with Gasteiger partial charge >= 0.3 is 6.36 Å². The van der Waals surface area contributed by atoms with Crippen LogP contribution in [0.1, 0.15) is 17.6 Å². The van der Waals surface area contributed by atoms with Gasteiger partial charge in [-0.2, -0.15) is 4.98 Å². The van der Waals surface area contributed by atoms with Gasteiger partial charge in [-0.1, -0.05) is 15.9 Å². The summed E-state index contributed by atoms with van der Waals surface area (Å²) in [6.45, 7) is 0. The molecule has 1 aromatic heterocycles. The first-order valence-electron chi connectivity index (χ1n) is 4.54. The lowest BCUT2D eigenvalue weighted by molar-refractivity contribution is -0.276. The summed E-state index contributed by atoms with van der Waals surface area (Å²) in [4.78, 5) is 2.95. The molecule has 114 valence electrons. The van der Waals surface area contributed by atoms with Gasteiger partial charge in [0, 0.05) is 21.6 Å². The third-order valence-corrected chi connectivity index (χ3v) is 3.73. The standard InChI is InChI=1S/C8H4BrClF5NO3S/c9-2-3-1-4(5(11)12)6(19-8(13,14)15)16-7(3)20(10,17)18/h1,5H,2H2. The maximum atomic E-state index is 12.7. The van der Waals surface area contributed by atoms with Crippen LogP contribution in [0.3, 0.4) is 0 Å². The second-order valence-corrected chi connectivity index (χ2v) is 6.31. The van der Waals surface area contributed by atoms with Crippen LogP contribution < -0.4 is 4.74 Å². The first kappa shape index (κ1) is 17.4. The second-order valence-electron chi connectivity index (χ2n) is 3.27. The molecule has 0 unspecified atom stereocenters. The fourth-order valence-corrected chi connectivity index (χ4v) is 2.84. The van der Waals surface area contributed by atoms with E-state index in [1.54, 1.807) is 0 Å². The molecule has 0 fully saturated rings. The molecule has 0 spiro atoms. The van der Waals surface area contributed by atoms with Gasteiger partial charge in [0.25, 0.3) is 15.5 Å². The van der Waals surface area contributed by atoms with E-state index in [9.17, 15) is 30.4 Å². The number of halogens is 7. The van der Waals surface area contributed by atoms with E-state index in [0.717, 1.165) is 0 Å². The predicted octanol–water partition coefficient (Wildman–Crippen LogP) is 3.74. The van der Waals surface area contributed by atoms with Gasteiger partial charge in [-0.05, 0) is 6.07 Å². The molecule has 1 rings (SSSR count). The Bertz CT molecular complexity index is 607. The molecule has 0 saturated carbocycles. The fraction of sp³-hybridized carbons (Fsp3) is 0.375. The molecule has 4 nitrogen and oxygen atoms in total. The zero-order chi connectivity index (χ0) is 15.7. The molecule has 0 amide bonds. The third-order valence-electron chi connectivity index (χ3n) is 1.88. The number of alkyl halides is 6. The number of aromatic nitrogens is 1. The molecule has 0 atom stereocenters. The van der Waals surface area contributed by atoms with Crippen molar-refractivity contribution in [2.45, 2.75) is 23.1 Å². The van der Waals surface area contributed by atoms with Gasteiger partial charge in [-0.15, -0.1) is 13.2 Å². The lowest BCUT2D eigenvalue weighted by atomic mass is 10.2. The average Bonchev–Trinajstić information content (AvgIpc) is 2.24. The van der Waals surface area contributed by atoms with Crippen molar-refractivity contribution in [2.75, 3.05) is 0 Å². The van der Waals surface area contributed by atoms with Crippen LogP contribution in [0.4, 0.5) is 22.0 Å². The van der Waals surface area contributed by atoms with Crippen molar-refractivity contribution >= 4 is 35.7 Å². The van der Waals surface area contributed by atoms with Crippen LogP contribution in [0.2, 0.25) is 0 Å². The summed E-state index contributed by atoms with van der Waals surface area (Å²) < 4.78 is 87.3. The van der Waals surface area contributed by atoms with E-state index in [4.69, 9.17) is 10.7 Å². The van der Waals surface area contributed by atoms with E-state index in [0.29, 0.717) is 6.07 Å². The molecule has 0 radical (unpaired) electrons. The number of hydrogen-bond acceptors (Lipinski definition) is 4. The van der Waals surface area contributed by atoms with Crippen LogP contribution in [0, 0.1) is 0 Å². The van der Waals surface area contributed by atoms with Crippen LogP contribution in [0.15, 0.2) is 11.1 Å². The summed E-state index contributed by atoms with van der Waals surface area (Å²) in [5, 5.41) is -1.24. The Morgan fingerprint density at radius 1 is 1.40 bits per heavy atom. The van der Waals surface area contributed by atoms with Crippen molar-refractivity contribution in [2.24, 2.45) is 0 Å². The summed E-state index contributed by atoms with van der Waals surface area (Å²) in [5.41, 5.74) is -1.51. The minimum absolute atomic E-state index is 0.257. The normalized spacial score (nSPS) is 12.8. The topological polar surface area (TPSA) is 56.3 Å². The van der Waals surface area contributed by atoms with Crippen molar-refractivity contribution in [3.8, 4) is 5.88 Å². The number of rotatable bonds is 4. The van der Waals surface area contributed by atoms with E-state index in [2.05, 4.69) is 25.7 Å². The summed E-state index contributed by atoms with van der Waals surface area (Å²) >= 11 is 2.80. The highest BCUT2D eigenvalue weighted by Crippen LogP contribution is 2.35. The third kappa shape index (κ3) is 4.42. The lowest BCUT2D eigenvalue weighted by Gasteiger charge is -2.14. The average molecular weight is 405 g/mol. The number of ether oxygens (including phenoxy) is 1. The van der Waals surface area contributed by atoms with Gasteiger partial charge in [0.05, 0.1) is 5.56 Å². The lowest BCUT2D eigenvalue weighted by Crippen LogP contribution is -2.20. The van der Waals surface area contributed by atoms with E-state index >= 15 is 0 Å². The summed E-state index contributed by atoms with van der Waals surface area (Å²) in [7, 11) is 0.455. The monoisotopic (exact) mass is 403 g/mol. The summed E-state index contributed by atoms with van der Waals surface area (Å²) in [6, 6.07) is 0.531. The molecule has 0 N–H and O–H groups in total. The smallest absolute Gasteiger partial charge is 0.387 e. The Kier molecular flexibility index (Phi) is 5.19. The minimum Gasteiger partial charge on any atom is -0.387 e. The molecule has 20 heavy (non-hydrogen) atoms. The van der Waals surface area contributed by atoms with Gasteiger partial charge in [0.1, 0.15) is 0 Å². The predicted molar refractivity (Wildman–Crippen MR) is 61.5 cm³/mol. The van der Waals surface area contributed by atoms with Crippen molar-refractivity contribution in [1.82, 2.24) is 4.98 Å². The Morgan fingerprint density at radius 2 is 1.95 bits per heavy atom. The largest absolute Gasteiger partial charge is 0.574 e. The van der Waals surface area contributed by atoms with Crippen molar-refractivity contribution in [1.29, 1.82) is 0 Å². The van der Waals surface area contributed by atoms with Gasteiger partial charge in [-0.3, -0.25) is 0 Å². The molecule has 0 aliphatic rings. The number of pyridine rings is 1.